The smallest absolute Gasteiger partial charge is 0.222 e. The summed E-state index contributed by atoms with van der Waals surface area (Å²) in [4.78, 5) is 13.5. The molecule has 0 saturated carbocycles. The van der Waals surface area contributed by atoms with Gasteiger partial charge in [0.2, 0.25) is 5.91 Å². The number of likely N-dealkylation sites (N-methyl/N-ethyl adjacent to an activating group) is 1. The lowest BCUT2D eigenvalue weighted by Crippen LogP contribution is -2.28. The summed E-state index contributed by atoms with van der Waals surface area (Å²) in [6.45, 7) is 7.17. The van der Waals surface area contributed by atoms with Gasteiger partial charge < -0.3 is 10.0 Å². The molecule has 1 aromatic carbocycles. The highest BCUT2D eigenvalue weighted by molar-refractivity contribution is 5.75. The van der Waals surface area contributed by atoms with Gasteiger partial charge in [-0.1, -0.05) is 12.1 Å². The van der Waals surface area contributed by atoms with Crippen molar-refractivity contribution in [3.8, 4) is 0 Å². The second-order valence-corrected chi connectivity index (χ2v) is 5.26. The molecule has 3 nitrogen and oxygen atoms in total. The summed E-state index contributed by atoms with van der Waals surface area (Å²) >= 11 is 0. The van der Waals surface area contributed by atoms with Gasteiger partial charge in [-0.2, -0.15) is 0 Å². The van der Waals surface area contributed by atoms with Crippen molar-refractivity contribution in [3.05, 3.63) is 34.4 Å². The number of amides is 1. The minimum atomic E-state index is 0.0792. The first-order valence-corrected chi connectivity index (χ1v) is 6.87. The van der Waals surface area contributed by atoms with E-state index < -0.39 is 0 Å². The van der Waals surface area contributed by atoms with Crippen LogP contribution in [0.3, 0.4) is 0 Å². The van der Waals surface area contributed by atoms with Crippen molar-refractivity contribution in [2.45, 2.75) is 40.0 Å². The van der Waals surface area contributed by atoms with E-state index in [1.54, 1.807) is 4.90 Å². The lowest BCUT2D eigenvalue weighted by atomic mass is 9.99. The van der Waals surface area contributed by atoms with Crippen LogP contribution in [-0.4, -0.2) is 36.1 Å². The van der Waals surface area contributed by atoms with Crippen LogP contribution in [0.15, 0.2) is 12.1 Å². The summed E-state index contributed by atoms with van der Waals surface area (Å²) in [6.07, 6.45) is 1.86. The van der Waals surface area contributed by atoms with Gasteiger partial charge >= 0.3 is 0 Å². The molecule has 0 heterocycles. The molecule has 3 heteroatoms. The summed E-state index contributed by atoms with van der Waals surface area (Å²) in [5, 5.41) is 8.73. The summed E-state index contributed by atoms with van der Waals surface area (Å²) in [6, 6.07) is 4.43. The third-order valence-corrected chi connectivity index (χ3v) is 3.64. The third kappa shape index (κ3) is 4.67. The molecule has 0 fully saturated rings. The number of carbonyl (C=O) groups is 1. The molecule has 0 unspecified atom stereocenters. The van der Waals surface area contributed by atoms with E-state index in [4.69, 9.17) is 5.11 Å². The first-order valence-electron chi connectivity index (χ1n) is 6.87. The Bertz CT molecular complexity index is 441. The fraction of sp³-hybridized carbons (Fsp3) is 0.562. The number of nitrogens with zero attached hydrogens (tertiary/aromatic N) is 1. The zero-order valence-corrected chi connectivity index (χ0v) is 12.5. The van der Waals surface area contributed by atoms with Gasteiger partial charge in [0.1, 0.15) is 0 Å². The summed E-state index contributed by atoms with van der Waals surface area (Å²) in [7, 11) is 1.83. The first kappa shape index (κ1) is 15.7. The molecule has 0 radical (unpaired) electrons. The summed E-state index contributed by atoms with van der Waals surface area (Å²) < 4.78 is 0. The van der Waals surface area contributed by atoms with Crippen LogP contribution >= 0.6 is 0 Å². The van der Waals surface area contributed by atoms with E-state index >= 15 is 0 Å². The molecule has 19 heavy (non-hydrogen) atoms. The van der Waals surface area contributed by atoms with Crippen LogP contribution < -0.4 is 0 Å². The van der Waals surface area contributed by atoms with Gasteiger partial charge in [0, 0.05) is 26.6 Å². The van der Waals surface area contributed by atoms with Gasteiger partial charge in [0.05, 0.1) is 0 Å². The maximum Gasteiger partial charge on any atom is 0.222 e. The topological polar surface area (TPSA) is 40.5 Å². The average molecular weight is 263 g/mol. The zero-order chi connectivity index (χ0) is 14.4. The largest absolute Gasteiger partial charge is 0.396 e. The van der Waals surface area contributed by atoms with Gasteiger partial charge in [-0.25, -0.2) is 0 Å². The highest BCUT2D eigenvalue weighted by atomic mass is 16.3. The standard InChI is InChI=1S/C16H25NO2/c1-12-10-14(3)15(11-13(12)2)7-8-17(4)16(19)6-5-9-18/h10-11,18H,5-9H2,1-4H3. The zero-order valence-electron chi connectivity index (χ0n) is 12.5. The van der Waals surface area contributed by atoms with Crippen LogP contribution in [0, 0.1) is 20.8 Å². The molecule has 0 aromatic heterocycles. The SMILES string of the molecule is Cc1cc(C)c(CCN(C)C(=O)CCCO)cc1C. The number of benzene rings is 1. The second kappa shape index (κ2) is 7.29. The molecule has 1 N–H and O–H groups in total. The Labute approximate surface area is 116 Å². The predicted molar refractivity (Wildman–Crippen MR) is 78.3 cm³/mol. The third-order valence-electron chi connectivity index (χ3n) is 3.64. The Morgan fingerprint density at radius 3 is 2.42 bits per heavy atom. The summed E-state index contributed by atoms with van der Waals surface area (Å²) in [5.74, 6) is 0.107. The Hall–Kier alpha value is -1.35. The minimum Gasteiger partial charge on any atom is -0.396 e. The molecular formula is C16H25NO2. The highest BCUT2D eigenvalue weighted by Gasteiger charge is 2.09. The Morgan fingerprint density at radius 1 is 1.16 bits per heavy atom. The number of carbonyl (C=O) groups excluding carboxylic acids is 1. The Balaban J connectivity index is 2.57. The first-order chi connectivity index (χ1) is 8.95. The summed E-state index contributed by atoms with van der Waals surface area (Å²) in [5.41, 5.74) is 5.22. The molecule has 0 atom stereocenters. The predicted octanol–water partition coefficient (Wildman–Crippen LogP) is 2.39. The van der Waals surface area contributed by atoms with Crippen molar-refractivity contribution in [2.75, 3.05) is 20.2 Å². The van der Waals surface area contributed by atoms with E-state index in [0.717, 1.165) is 13.0 Å². The lowest BCUT2D eigenvalue weighted by molar-refractivity contribution is -0.130. The van der Waals surface area contributed by atoms with Crippen molar-refractivity contribution >= 4 is 5.91 Å². The molecule has 0 aliphatic rings. The quantitative estimate of drug-likeness (QED) is 0.856. The van der Waals surface area contributed by atoms with Crippen molar-refractivity contribution in [1.82, 2.24) is 4.90 Å². The van der Waals surface area contributed by atoms with Crippen molar-refractivity contribution in [3.63, 3.8) is 0 Å². The molecule has 1 aromatic rings. The molecule has 1 amide bonds. The molecule has 0 spiro atoms. The fourth-order valence-corrected chi connectivity index (χ4v) is 2.12. The van der Waals surface area contributed by atoms with Crippen molar-refractivity contribution in [1.29, 1.82) is 0 Å². The fourth-order valence-electron chi connectivity index (χ4n) is 2.12. The normalized spacial score (nSPS) is 10.6. The van der Waals surface area contributed by atoms with E-state index in [9.17, 15) is 4.79 Å². The van der Waals surface area contributed by atoms with Crippen molar-refractivity contribution in [2.24, 2.45) is 0 Å². The monoisotopic (exact) mass is 263 g/mol. The molecule has 0 saturated heterocycles. The van der Waals surface area contributed by atoms with Gasteiger partial charge in [-0.15, -0.1) is 0 Å². The van der Waals surface area contributed by atoms with E-state index in [1.807, 2.05) is 7.05 Å². The molecule has 106 valence electrons. The van der Waals surface area contributed by atoms with E-state index in [2.05, 4.69) is 32.9 Å². The second-order valence-electron chi connectivity index (χ2n) is 5.26. The molecule has 1 rings (SSSR count). The van der Waals surface area contributed by atoms with Crippen LogP contribution in [0.2, 0.25) is 0 Å². The van der Waals surface area contributed by atoms with E-state index in [1.165, 1.54) is 22.3 Å². The van der Waals surface area contributed by atoms with Crippen LogP contribution in [0.25, 0.3) is 0 Å². The Kier molecular flexibility index (Phi) is 6.03. The Morgan fingerprint density at radius 2 is 1.79 bits per heavy atom. The lowest BCUT2D eigenvalue weighted by Gasteiger charge is -2.18. The van der Waals surface area contributed by atoms with Crippen LogP contribution in [0.1, 0.15) is 35.1 Å². The molecule has 0 aliphatic heterocycles. The van der Waals surface area contributed by atoms with E-state index in [-0.39, 0.29) is 12.5 Å². The van der Waals surface area contributed by atoms with E-state index in [0.29, 0.717) is 12.8 Å². The number of aliphatic hydroxyl groups is 1. The van der Waals surface area contributed by atoms with Gasteiger partial charge in [-0.3, -0.25) is 4.79 Å². The van der Waals surface area contributed by atoms with Gasteiger partial charge in [-0.05, 0) is 55.9 Å². The average Bonchev–Trinajstić information content (AvgIpc) is 2.38. The van der Waals surface area contributed by atoms with Crippen molar-refractivity contribution < 1.29 is 9.90 Å². The molecular weight excluding hydrogens is 238 g/mol. The highest BCUT2D eigenvalue weighted by Crippen LogP contribution is 2.16. The van der Waals surface area contributed by atoms with Gasteiger partial charge in [0.25, 0.3) is 0 Å². The maximum atomic E-state index is 11.7. The molecule has 0 bridgehead atoms. The maximum absolute atomic E-state index is 11.7. The number of rotatable bonds is 6. The van der Waals surface area contributed by atoms with Crippen LogP contribution in [0.4, 0.5) is 0 Å². The number of aryl methyl sites for hydroxylation is 3. The number of aliphatic hydroxyl groups excluding tert-OH is 1. The van der Waals surface area contributed by atoms with Crippen LogP contribution in [-0.2, 0) is 11.2 Å². The minimum absolute atomic E-state index is 0.0792. The molecule has 0 aliphatic carbocycles. The van der Waals surface area contributed by atoms with Gasteiger partial charge in [0.15, 0.2) is 0 Å². The van der Waals surface area contributed by atoms with Crippen LogP contribution in [0.5, 0.6) is 0 Å². The number of hydrogen-bond acceptors (Lipinski definition) is 2. The number of hydrogen-bond donors (Lipinski definition) is 1.